The first-order valence-corrected chi connectivity index (χ1v) is 11.0. The molecule has 1 aromatic rings. The van der Waals surface area contributed by atoms with Crippen LogP contribution in [0.2, 0.25) is 0 Å². The summed E-state index contributed by atoms with van der Waals surface area (Å²) in [6, 6.07) is 5.40. The van der Waals surface area contributed by atoms with E-state index in [9.17, 15) is 17.6 Å². The minimum atomic E-state index is -3.87. The Balaban J connectivity index is 1.57. The smallest absolute Gasteiger partial charge is 0.246 e. The van der Waals surface area contributed by atoms with E-state index < -0.39 is 15.8 Å². The third-order valence-corrected chi connectivity index (χ3v) is 7.28. The number of nitrogens with zero attached hydrogens (tertiary/aromatic N) is 3. The first kappa shape index (κ1) is 20.2. The second kappa shape index (κ2) is 8.24. The van der Waals surface area contributed by atoms with E-state index in [2.05, 4.69) is 18.7 Å². The maximum atomic E-state index is 13.9. The van der Waals surface area contributed by atoms with Crippen LogP contribution in [0, 0.1) is 17.7 Å². The Hall–Kier alpha value is -1.51. The number of carbonyl (C=O) groups is 1. The number of benzene rings is 1. The summed E-state index contributed by atoms with van der Waals surface area (Å²) in [5, 5.41) is 0. The molecule has 2 saturated heterocycles. The lowest BCUT2D eigenvalue weighted by atomic mass is 9.92. The molecule has 2 fully saturated rings. The highest BCUT2D eigenvalue weighted by atomic mass is 32.2. The highest BCUT2D eigenvalue weighted by Gasteiger charge is 2.32. The number of hydrogen-bond donors (Lipinski definition) is 0. The molecule has 8 heteroatoms. The number of piperazine rings is 1. The minimum absolute atomic E-state index is 0.0410. The average Bonchev–Trinajstić information content (AvgIpc) is 2.61. The van der Waals surface area contributed by atoms with Crippen molar-refractivity contribution in [2.24, 2.45) is 11.8 Å². The molecule has 6 nitrogen and oxygen atoms in total. The fraction of sp³-hybridized carbons (Fsp3) is 0.632. The minimum Gasteiger partial charge on any atom is -0.339 e. The molecule has 27 heavy (non-hydrogen) atoms. The van der Waals surface area contributed by atoms with Crippen LogP contribution in [-0.2, 0) is 14.8 Å². The molecule has 0 N–H and O–H groups in total. The predicted octanol–water partition coefficient (Wildman–Crippen LogP) is 1.64. The molecule has 0 bridgehead atoms. The van der Waals surface area contributed by atoms with Gasteiger partial charge in [0.1, 0.15) is 10.7 Å². The predicted molar refractivity (Wildman–Crippen MR) is 101 cm³/mol. The first-order valence-electron chi connectivity index (χ1n) is 9.52. The Morgan fingerprint density at radius 2 is 1.67 bits per heavy atom. The standard InChI is InChI=1S/C19H28FN3O3S/c1-15-11-16(2)13-21(12-15)14-19(24)22-7-9-23(10-8-22)27(25,26)18-6-4-3-5-17(18)20/h3-6,15-16H,7-14H2,1-2H3/t15-,16-/m0/s1. The first-order chi connectivity index (χ1) is 12.8. The average molecular weight is 398 g/mol. The van der Waals surface area contributed by atoms with Crippen LogP contribution in [0.5, 0.6) is 0 Å². The van der Waals surface area contributed by atoms with Crippen LogP contribution in [0.3, 0.4) is 0 Å². The van der Waals surface area contributed by atoms with Gasteiger partial charge in [-0.2, -0.15) is 4.31 Å². The summed E-state index contributed by atoms with van der Waals surface area (Å²) < 4.78 is 40.5. The van der Waals surface area contributed by atoms with Crippen molar-refractivity contribution in [1.29, 1.82) is 0 Å². The Morgan fingerprint density at radius 1 is 1.07 bits per heavy atom. The second-order valence-electron chi connectivity index (χ2n) is 7.86. The molecule has 150 valence electrons. The van der Waals surface area contributed by atoms with Crippen molar-refractivity contribution in [3.8, 4) is 0 Å². The van der Waals surface area contributed by atoms with Gasteiger partial charge in [-0.05, 0) is 30.4 Å². The number of sulfonamides is 1. The molecule has 0 unspecified atom stereocenters. The van der Waals surface area contributed by atoms with E-state index in [1.54, 1.807) is 4.90 Å². The molecule has 2 aliphatic heterocycles. The summed E-state index contributed by atoms with van der Waals surface area (Å²) in [5.41, 5.74) is 0. The summed E-state index contributed by atoms with van der Waals surface area (Å²) in [7, 11) is -3.87. The number of amides is 1. The molecule has 3 rings (SSSR count). The van der Waals surface area contributed by atoms with Crippen molar-refractivity contribution in [3.05, 3.63) is 30.1 Å². The molecule has 2 heterocycles. The zero-order valence-electron chi connectivity index (χ0n) is 16.0. The third kappa shape index (κ3) is 4.67. The van der Waals surface area contributed by atoms with Crippen molar-refractivity contribution < 1.29 is 17.6 Å². The Bertz CT molecular complexity index is 768. The van der Waals surface area contributed by atoms with Crippen molar-refractivity contribution in [1.82, 2.24) is 14.1 Å². The van der Waals surface area contributed by atoms with Crippen LogP contribution in [0.4, 0.5) is 4.39 Å². The van der Waals surface area contributed by atoms with Gasteiger partial charge in [-0.15, -0.1) is 0 Å². The SMILES string of the molecule is C[C@H]1C[C@H](C)CN(CC(=O)N2CCN(S(=O)(=O)c3ccccc3F)CC2)C1. The van der Waals surface area contributed by atoms with Crippen LogP contribution in [0.25, 0.3) is 0 Å². The summed E-state index contributed by atoms with van der Waals surface area (Å²) in [6.45, 7) is 7.71. The van der Waals surface area contributed by atoms with Gasteiger partial charge in [0.25, 0.3) is 0 Å². The second-order valence-corrected chi connectivity index (χ2v) is 9.76. The highest BCUT2D eigenvalue weighted by Crippen LogP contribution is 2.22. The van der Waals surface area contributed by atoms with Gasteiger partial charge in [0.2, 0.25) is 15.9 Å². The number of halogens is 1. The van der Waals surface area contributed by atoms with Crippen LogP contribution in [0.15, 0.2) is 29.2 Å². The summed E-state index contributed by atoms with van der Waals surface area (Å²) in [4.78, 5) is 16.2. The third-order valence-electron chi connectivity index (χ3n) is 5.35. The van der Waals surface area contributed by atoms with Gasteiger partial charge in [0.15, 0.2) is 0 Å². The molecule has 0 aliphatic carbocycles. The maximum Gasteiger partial charge on any atom is 0.246 e. The molecule has 0 aromatic heterocycles. The van der Waals surface area contributed by atoms with Gasteiger partial charge in [0, 0.05) is 39.3 Å². The molecule has 2 aliphatic rings. The normalized spacial score (nSPS) is 25.5. The van der Waals surface area contributed by atoms with Crippen LogP contribution < -0.4 is 0 Å². The maximum absolute atomic E-state index is 13.9. The molecule has 0 radical (unpaired) electrons. The molecular formula is C19H28FN3O3S. The van der Waals surface area contributed by atoms with E-state index in [4.69, 9.17) is 0 Å². The Morgan fingerprint density at radius 3 is 2.26 bits per heavy atom. The number of carbonyl (C=O) groups excluding carboxylic acids is 1. The number of rotatable bonds is 4. The highest BCUT2D eigenvalue weighted by molar-refractivity contribution is 7.89. The number of piperidine rings is 1. The monoisotopic (exact) mass is 397 g/mol. The van der Waals surface area contributed by atoms with Crippen molar-refractivity contribution in [2.75, 3.05) is 45.8 Å². The quantitative estimate of drug-likeness (QED) is 0.775. The van der Waals surface area contributed by atoms with E-state index in [1.807, 2.05) is 0 Å². The van der Waals surface area contributed by atoms with E-state index in [1.165, 1.54) is 28.9 Å². The molecule has 0 spiro atoms. The zero-order chi connectivity index (χ0) is 19.6. The van der Waals surface area contributed by atoms with Gasteiger partial charge in [0.05, 0.1) is 6.54 Å². The molecule has 2 atom stereocenters. The largest absolute Gasteiger partial charge is 0.339 e. The van der Waals surface area contributed by atoms with E-state index in [0.29, 0.717) is 31.5 Å². The van der Waals surface area contributed by atoms with Gasteiger partial charge in [-0.3, -0.25) is 9.69 Å². The molecular weight excluding hydrogens is 369 g/mol. The lowest BCUT2D eigenvalue weighted by Gasteiger charge is -2.38. The fourth-order valence-corrected chi connectivity index (χ4v) is 5.67. The van der Waals surface area contributed by atoms with Crippen molar-refractivity contribution in [2.45, 2.75) is 25.2 Å². The van der Waals surface area contributed by atoms with Gasteiger partial charge in [-0.25, -0.2) is 12.8 Å². The summed E-state index contributed by atoms with van der Waals surface area (Å²) >= 11 is 0. The summed E-state index contributed by atoms with van der Waals surface area (Å²) in [5.74, 6) is 0.470. The molecule has 0 saturated carbocycles. The molecule has 1 amide bonds. The van der Waals surface area contributed by atoms with Gasteiger partial charge in [-0.1, -0.05) is 26.0 Å². The zero-order valence-corrected chi connectivity index (χ0v) is 16.8. The lowest BCUT2D eigenvalue weighted by molar-refractivity contribution is -0.134. The molecule has 1 aromatic carbocycles. The lowest BCUT2D eigenvalue weighted by Crippen LogP contribution is -2.53. The van der Waals surface area contributed by atoms with Gasteiger partial charge < -0.3 is 4.90 Å². The topological polar surface area (TPSA) is 60.9 Å². The van der Waals surface area contributed by atoms with Crippen LogP contribution >= 0.6 is 0 Å². The van der Waals surface area contributed by atoms with Gasteiger partial charge >= 0.3 is 0 Å². The van der Waals surface area contributed by atoms with Crippen molar-refractivity contribution >= 4 is 15.9 Å². The fourth-order valence-electron chi connectivity index (χ4n) is 4.18. The number of likely N-dealkylation sites (tertiary alicyclic amines) is 1. The van der Waals surface area contributed by atoms with Crippen LogP contribution in [-0.4, -0.2) is 74.2 Å². The Kier molecular flexibility index (Phi) is 6.18. The van der Waals surface area contributed by atoms with Crippen LogP contribution in [0.1, 0.15) is 20.3 Å². The number of hydrogen-bond acceptors (Lipinski definition) is 4. The summed E-state index contributed by atoms with van der Waals surface area (Å²) in [6.07, 6.45) is 1.19. The van der Waals surface area contributed by atoms with E-state index in [0.717, 1.165) is 19.2 Å². The van der Waals surface area contributed by atoms with Crippen molar-refractivity contribution in [3.63, 3.8) is 0 Å². The van der Waals surface area contributed by atoms with E-state index >= 15 is 0 Å². The Labute approximate surface area is 161 Å². The van der Waals surface area contributed by atoms with E-state index in [-0.39, 0.29) is 23.9 Å².